The van der Waals surface area contributed by atoms with Gasteiger partial charge in [0.05, 0.1) is 11.4 Å². The van der Waals surface area contributed by atoms with Crippen LogP contribution < -0.4 is 0 Å². The molecule has 2 aliphatic rings. The van der Waals surface area contributed by atoms with Crippen LogP contribution in [0.3, 0.4) is 0 Å². The monoisotopic (exact) mass is 501 g/mol. The molecule has 1 aliphatic carbocycles. The zero-order valence-electron chi connectivity index (χ0n) is 21.8. The number of ether oxygens (including phenoxy) is 1. The van der Waals surface area contributed by atoms with Crippen LogP contribution in [0.25, 0.3) is 6.08 Å². The third-order valence-corrected chi connectivity index (χ3v) is 7.60. The van der Waals surface area contributed by atoms with Gasteiger partial charge in [0.25, 0.3) is 0 Å². The largest absolute Gasteiger partial charge is 0.487 e. The van der Waals surface area contributed by atoms with Gasteiger partial charge in [-0.05, 0) is 72.6 Å². The van der Waals surface area contributed by atoms with Crippen molar-refractivity contribution in [2.45, 2.75) is 57.5 Å². The van der Waals surface area contributed by atoms with E-state index in [9.17, 15) is 0 Å². The Morgan fingerprint density at radius 3 is 2.45 bits per heavy atom. The Balaban J connectivity index is 1.35. The predicted octanol–water partition coefficient (Wildman–Crippen LogP) is 8.12. The first-order valence-corrected chi connectivity index (χ1v) is 13.9. The molecule has 6 rings (SSSR count). The summed E-state index contributed by atoms with van der Waals surface area (Å²) in [6.45, 7) is 0.511. The maximum atomic E-state index is 6.36. The first-order chi connectivity index (χ1) is 18.8. The van der Waals surface area contributed by atoms with Gasteiger partial charge in [0, 0.05) is 23.7 Å². The lowest BCUT2D eigenvalue weighted by Gasteiger charge is -2.18. The lowest BCUT2D eigenvalue weighted by atomic mass is 9.86. The highest BCUT2D eigenvalue weighted by Gasteiger charge is 2.23. The van der Waals surface area contributed by atoms with Gasteiger partial charge in [-0.25, -0.2) is 4.99 Å². The van der Waals surface area contributed by atoms with Crippen LogP contribution in [-0.4, -0.2) is 15.7 Å². The number of aromatic nitrogens is 2. The van der Waals surface area contributed by atoms with Gasteiger partial charge in [-0.1, -0.05) is 79.9 Å². The normalized spacial score (nSPS) is 18.7. The van der Waals surface area contributed by atoms with Crippen molar-refractivity contribution in [3.8, 4) is 0 Å². The van der Waals surface area contributed by atoms with Gasteiger partial charge in [0.1, 0.15) is 18.1 Å². The molecule has 4 aromatic rings. The summed E-state index contributed by atoms with van der Waals surface area (Å²) in [4.78, 5) is 12.1. The number of hydrogen-bond acceptors (Lipinski definition) is 2. The summed E-state index contributed by atoms with van der Waals surface area (Å²) in [6, 6.07) is 27.7. The second kappa shape index (κ2) is 11.6. The molecular weight excluding hydrogens is 466 g/mol. The number of aliphatic imine (C=N–C) groups is 1. The number of nitrogens with zero attached hydrogens (tertiary/aromatic N) is 1. The van der Waals surface area contributed by atoms with E-state index in [-0.39, 0.29) is 0 Å². The molecule has 4 nitrogen and oxygen atoms in total. The first kappa shape index (κ1) is 24.3. The van der Waals surface area contributed by atoms with Crippen molar-refractivity contribution in [2.24, 2.45) is 4.99 Å². The fourth-order valence-electron chi connectivity index (χ4n) is 5.60. The Bertz CT molecular complexity index is 1430. The van der Waals surface area contributed by atoms with Gasteiger partial charge in [-0.2, -0.15) is 0 Å². The van der Waals surface area contributed by atoms with Crippen LogP contribution in [0.5, 0.6) is 0 Å². The van der Waals surface area contributed by atoms with Crippen LogP contribution in [0, 0.1) is 0 Å². The quantitative estimate of drug-likeness (QED) is 0.264. The van der Waals surface area contributed by atoms with Gasteiger partial charge in [0.2, 0.25) is 0 Å². The van der Waals surface area contributed by atoms with Gasteiger partial charge < -0.3 is 14.7 Å². The molecule has 2 aromatic carbocycles. The zero-order chi connectivity index (χ0) is 25.6. The highest BCUT2D eigenvalue weighted by molar-refractivity contribution is 6.11. The van der Waals surface area contributed by atoms with Crippen LogP contribution in [0.1, 0.15) is 71.8 Å². The molecule has 1 aliphatic heterocycles. The standard InChI is InChI=1S/C34H35N3O/c1-2-10-17-28-21-29(27(16-9-1)20-25-12-5-3-6-13-25)31(36-28)22-33-34(38-24-26-14-7-4-8-15-26)23-32(37-33)30-18-11-19-35-30/h3-8,11-15,18-19,21-23,27,35-36H,1-2,9-10,16-17,20,24H2. The number of allylic oxidation sites excluding steroid dienone is 1. The van der Waals surface area contributed by atoms with E-state index in [1.165, 1.54) is 54.6 Å². The summed E-state index contributed by atoms with van der Waals surface area (Å²) in [7, 11) is 0. The van der Waals surface area contributed by atoms with Crippen molar-refractivity contribution in [3.63, 3.8) is 0 Å². The van der Waals surface area contributed by atoms with E-state index < -0.39 is 0 Å². The Morgan fingerprint density at radius 2 is 1.66 bits per heavy atom. The summed E-state index contributed by atoms with van der Waals surface area (Å²) < 4.78 is 6.36. The van der Waals surface area contributed by atoms with Crippen molar-refractivity contribution >= 4 is 11.8 Å². The molecule has 2 bridgehead atoms. The lowest BCUT2D eigenvalue weighted by molar-refractivity contribution is 0.208. The maximum Gasteiger partial charge on any atom is 0.147 e. The third kappa shape index (κ3) is 5.75. The topological polar surface area (TPSA) is 53.2 Å². The van der Waals surface area contributed by atoms with Crippen LogP contribution in [0.4, 0.5) is 0 Å². The minimum absolute atomic E-state index is 0.471. The Kier molecular flexibility index (Phi) is 7.39. The van der Waals surface area contributed by atoms with Gasteiger partial charge in [0.15, 0.2) is 0 Å². The fraction of sp³-hybridized carbons (Fsp3) is 0.265. The number of benzene rings is 2. The van der Waals surface area contributed by atoms with Gasteiger partial charge in [-0.15, -0.1) is 0 Å². The van der Waals surface area contributed by atoms with Crippen LogP contribution in [0.2, 0.25) is 0 Å². The van der Waals surface area contributed by atoms with E-state index in [0.29, 0.717) is 12.5 Å². The first-order valence-electron chi connectivity index (χ1n) is 13.9. The molecule has 0 fully saturated rings. The van der Waals surface area contributed by atoms with Crippen molar-refractivity contribution in [3.05, 3.63) is 136 Å². The fourth-order valence-corrected chi connectivity index (χ4v) is 5.60. The molecule has 0 saturated heterocycles. The minimum atomic E-state index is 0.471. The molecule has 3 heterocycles. The van der Waals surface area contributed by atoms with Crippen molar-refractivity contribution in [1.82, 2.24) is 9.97 Å². The van der Waals surface area contributed by atoms with Crippen LogP contribution in [0.15, 0.2) is 108 Å². The molecule has 0 amide bonds. The van der Waals surface area contributed by atoms with Crippen molar-refractivity contribution in [2.75, 3.05) is 0 Å². The number of hydrogen-bond donors (Lipinski definition) is 2. The molecule has 38 heavy (non-hydrogen) atoms. The van der Waals surface area contributed by atoms with Gasteiger partial charge >= 0.3 is 0 Å². The van der Waals surface area contributed by atoms with E-state index in [1.54, 1.807) is 0 Å². The Hall–Kier alpha value is -4.05. The smallest absolute Gasteiger partial charge is 0.147 e. The molecule has 0 saturated carbocycles. The van der Waals surface area contributed by atoms with E-state index in [1.807, 2.05) is 30.5 Å². The average molecular weight is 502 g/mol. The zero-order valence-corrected chi connectivity index (χ0v) is 21.8. The number of rotatable bonds is 7. The summed E-state index contributed by atoms with van der Waals surface area (Å²) in [5.74, 6) is 1.28. The third-order valence-electron chi connectivity index (χ3n) is 7.60. The summed E-state index contributed by atoms with van der Waals surface area (Å²) >= 11 is 0. The minimum Gasteiger partial charge on any atom is -0.487 e. The second-order valence-electron chi connectivity index (χ2n) is 10.4. The van der Waals surface area contributed by atoms with Crippen molar-refractivity contribution in [1.29, 1.82) is 0 Å². The van der Waals surface area contributed by atoms with Crippen LogP contribution >= 0.6 is 0 Å². The van der Waals surface area contributed by atoms with Crippen LogP contribution in [-0.2, 0) is 24.2 Å². The molecule has 1 atom stereocenters. The molecule has 0 spiro atoms. The number of H-pyrrole nitrogens is 2. The van der Waals surface area contributed by atoms with E-state index in [0.717, 1.165) is 41.3 Å². The highest BCUT2D eigenvalue weighted by atomic mass is 16.5. The van der Waals surface area contributed by atoms with Gasteiger partial charge in [-0.3, -0.25) is 0 Å². The van der Waals surface area contributed by atoms with E-state index in [4.69, 9.17) is 9.73 Å². The molecule has 2 aromatic heterocycles. The van der Waals surface area contributed by atoms with E-state index in [2.05, 4.69) is 76.7 Å². The average Bonchev–Trinajstić information content (AvgIpc) is 3.71. The summed E-state index contributed by atoms with van der Waals surface area (Å²) in [5, 5.41) is 0. The van der Waals surface area contributed by atoms with E-state index >= 15 is 0 Å². The van der Waals surface area contributed by atoms with Crippen molar-refractivity contribution < 1.29 is 4.74 Å². The SMILES string of the molecule is C(=C1N=C(c2ccc[nH]2)C=C1OCc1ccccc1)c1[nH]c2cc1C(Cc1ccccc1)CCCCCC2. The Morgan fingerprint density at radius 1 is 0.868 bits per heavy atom. The predicted molar refractivity (Wildman–Crippen MR) is 155 cm³/mol. The molecular formula is C34H35N3O. The summed E-state index contributed by atoms with van der Waals surface area (Å²) in [5.41, 5.74) is 9.21. The number of nitrogens with one attached hydrogen (secondary N) is 2. The number of aromatic amines is 2. The number of aryl methyl sites for hydroxylation is 1. The molecule has 2 N–H and O–H groups in total. The number of fused-ring (bicyclic) bond motifs is 2. The molecule has 4 heteroatoms. The maximum absolute atomic E-state index is 6.36. The Labute approximate surface area is 225 Å². The molecule has 192 valence electrons. The highest BCUT2D eigenvalue weighted by Crippen LogP contribution is 2.34. The molecule has 1 unspecified atom stereocenters. The lowest BCUT2D eigenvalue weighted by Crippen LogP contribution is -2.05. The summed E-state index contributed by atoms with van der Waals surface area (Å²) in [6.07, 6.45) is 14.7. The second-order valence-corrected chi connectivity index (χ2v) is 10.4. The molecule has 0 radical (unpaired) electrons.